The van der Waals surface area contributed by atoms with E-state index in [4.69, 9.17) is 4.98 Å². The molecule has 4 aromatic rings. The molecule has 2 aromatic heterocycles. The molecule has 0 radical (unpaired) electrons. The lowest BCUT2D eigenvalue weighted by Crippen LogP contribution is -2.47. The van der Waals surface area contributed by atoms with Crippen LogP contribution in [0.25, 0.3) is 10.9 Å². The number of fused-ring (bicyclic) bond motifs is 1. The number of benzene rings is 2. The summed E-state index contributed by atoms with van der Waals surface area (Å²) >= 11 is 0. The molecule has 1 aliphatic rings. The van der Waals surface area contributed by atoms with E-state index in [1.165, 1.54) is 6.07 Å². The predicted molar refractivity (Wildman–Crippen MR) is 168 cm³/mol. The van der Waals surface area contributed by atoms with Gasteiger partial charge in [0.05, 0.1) is 16.0 Å². The first-order chi connectivity index (χ1) is 18.2. The third kappa shape index (κ3) is 7.48. The molecule has 41 heavy (non-hydrogen) atoms. The summed E-state index contributed by atoms with van der Waals surface area (Å²) < 4.78 is 28.5. The number of carbonyl (C=O) groups is 1. The maximum atomic E-state index is 13.0. The molecule has 220 valence electrons. The molecular weight excluding hydrogens is 611 g/mol. The summed E-state index contributed by atoms with van der Waals surface area (Å²) in [7, 11) is -3.85. The highest BCUT2D eigenvalue weighted by Crippen LogP contribution is 2.28. The van der Waals surface area contributed by atoms with E-state index in [0.717, 1.165) is 5.56 Å². The lowest BCUT2D eigenvalue weighted by molar-refractivity contribution is 0.0699. The molecule has 0 saturated carbocycles. The Labute approximate surface area is 257 Å². The largest absolute Gasteiger partial charge is 0.478 e. The summed E-state index contributed by atoms with van der Waals surface area (Å²) in [5, 5.41) is 10.3. The van der Waals surface area contributed by atoms with E-state index in [1.807, 2.05) is 18.7 Å². The fourth-order valence-corrected chi connectivity index (χ4v) is 5.50. The lowest BCUT2D eigenvalue weighted by Gasteiger charge is -2.35. The minimum Gasteiger partial charge on any atom is -0.478 e. The summed E-state index contributed by atoms with van der Waals surface area (Å²) in [4.78, 5) is 29.7. The van der Waals surface area contributed by atoms with Gasteiger partial charge in [0, 0.05) is 49.6 Å². The summed E-state index contributed by atoms with van der Waals surface area (Å²) in [6.07, 6.45) is 3.41. The molecule has 0 amide bonds. The maximum absolute atomic E-state index is 13.0. The third-order valence-electron chi connectivity index (χ3n) is 6.57. The van der Waals surface area contributed by atoms with Gasteiger partial charge in [-0.3, -0.25) is 4.72 Å². The van der Waals surface area contributed by atoms with Crippen LogP contribution in [-0.4, -0.2) is 60.6 Å². The Morgan fingerprint density at radius 2 is 1.51 bits per heavy atom. The molecule has 3 heterocycles. The molecule has 2 N–H and O–H groups in total. The van der Waals surface area contributed by atoms with Gasteiger partial charge in [0.2, 0.25) is 5.95 Å². The summed E-state index contributed by atoms with van der Waals surface area (Å²) in [5.41, 5.74) is 1.83. The van der Waals surface area contributed by atoms with Gasteiger partial charge in [0.1, 0.15) is 5.82 Å². The number of nitrogens with zero attached hydrogens (tertiary/aromatic N) is 5. The van der Waals surface area contributed by atoms with Crippen molar-refractivity contribution in [2.45, 2.75) is 24.7 Å². The average molecular weight is 642 g/mol. The number of rotatable bonds is 7. The van der Waals surface area contributed by atoms with E-state index in [1.54, 1.807) is 60.9 Å². The number of carboxylic acids is 1. The smallest absolute Gasteiger partial charge is 0.336 e. The van der Waals surface area contributed by atoms with Gasteiger partial charge in [-0.05, 0) is 53.9 Å². The molecule has 1 aliphatic heterocycles. The minimum absolute atomic E-state index is 0. The zero-order chi connectivity index (χ0) is 26.9. The van der Waals surface area contributed by atoms with Crippen molar-refractivity contribution in [3.05, 3.63) is 78.1 Å². The van der Waals surface area contributed by atoms with Crippen LogP contribution in [0.5, 0.6) is 0 Å². The Hall–Kier alpha value is -3.38. The normalized spacial score (nSPS) is 13.1. The third-order valence-corrected chi connectivity index (χ3v) is 7.97. The average Bonchev–Trinajstić information content (AvgIpc) is 2.93. The Bertz CT molecular complexity index is 1580. The van der Waals surface area contributed by atoms with Crippen molar-refractivity contribution in [1.82, 2.24) is 15.0 Å². The quantitative estimate of drug-likeness (QED) is 0.278. The Morgan fingerprint density at radius 1 is 0.902 bits per heavy atom. The van der Waals surface area contributed by atoms with Gasteiger partial charge in [-0.25, -0.2) is 28.2 Å². The number of carboxylic acid groups (broad SMARTS) is 1. The number of halogens is 3. The summed E-state index contributed by atoms with van der Waals surface area (Å²) in [6.45, 7) is 6.68. The Balaban J connectivity index is 0.00000196. The number of anilines is 3. The van der Waals surface area contributed by atoms with E-state index >= 15 is 0 Å². The number of piperazine rings is 1. The van der Waals surface area contributed by atoms with Crippen molar-refractivity contribution in [2.75, 3.05) is 40.7 Å². The molecule has 1 saturated heterocycles. The van der Waals surface area contributed by atoms with Crippen molar-refractivity contribution < 1.29 is 18.3 Å². The number of nitrogens with one attached hydrogen (secondary N) is 1. The van der Waals surface area contributed by atoms with Crippen molar-refractivity contribution in [3.8, 4) is 0 Å². The second kappa shape index (κ2) is 14.0. The molecule has 0 bridgehead atoms. The van der Waals surface area contributed by atoms with E-state index in [-0.39, 0.29) is 59.3 Å². The van der Waals surface area contributed by atoms with Crippen molar-refractivity contribution in [1.29, 1.82) is 0 Å². The van der Waals surface area contributed by atoms with E-state index in [2.05, 4.69) is 19.6 Å². The van der Waals surface area contributed by atoms with Gasteiger partial charge in [-0.1, -0.05) is 26.0 Å². The monoisotopic (exact) mass is 640 g/mol. The molecule has 0 atom stereocenters. The first-order valence-corrected chi connectivity index (χ1v) is 13.8. The summed E-state index contributed by atoms with van der Waals surface area (Å²) in [6, 6.07) is 14.8. The van der Waals surface area contributed by atoms with Crippen LogP contribution in [-0.2, 0) is 10.0 Å². The first-order valence-electron chi connectivity index (χ1n) is 12.3. The second-order valence-corrected chi connectivity index (χ2v) is 11.1. The number of hydrogen-bond acceptors (Lipinski definition) is 8. The molecule has 0 unspecified atom stereocenters. The zero-order valence-electron chi connectivity index (χ0n) is 22.3. The lowest BCUT2D eigenvalue weighted by atomic mass is 10.0. The van der Waals surface area contributed by atoms with Gasteiger partial charge in [0.15, 0.2) is 0 Å². The second-order valence-electron chi connectivity index (χ2n) is 9.42. The van der Waals surface area contributed by atoms with Crippen molar-refractivity contribution in [3.63, 3.8) is 0 Å². The van der Waals surface area contributed by atoms with Crippen LogP contribution in [0.15, 0.2) is 71.9 Å². The molecule has 14 heteroatoms. The van der Waals surface area contributed by atoms with Crippen molar-refractivity contribution in [2.24, 2.45) is 0 Å². The highest BCUT2D eigenvalue weighted by atomic mass is 35.5. The van der Waals surface area contributed by atoms with Crippen LogP contribution in [0, 0.1) is 0 Å². The molecule has 0 spiro atoms. The number of sulfonamides is 1. The van der Waals surface area contributed by atoms with Crippen LogP contribution in [0.1, 0.15) is 35.7 Å². The van der Waals surface area contributed by atoms with Crippen LogP contribution in [0.3, 0.4) is 0 Å². The van der Waals surface area contributed by atoms with E-state index < -0.39 is 16.0 Å². The van der Waals surface area contributed by atoms with Gasteiger partial charge in [-0.15, -0.1) is 37.2 Å². The van der Waals surface area contributed by atoms with Crippen molar-refractivity contribution >= 4 is 81.6 Å². The minimum atomic E-state index is -3.85. The van der Waals surface area contributed by atoms with Gasteiger partial charge < -0.3 is 14.9 Å². The van der Waals surface area contributed by atoms with E-state index in [0.29, 0.717) is 48.8 Å². The van der Waals surface area contributed by atoms with Crippen LogP contribution < -0.4 is 14.5 Å². The van der Waals surface area contributed by atoms with Gasteiger partial charge in [0.25, 0.3) is 10.0 Å². The fraction of sp³-hybridized carbons (Fsp3) is 0.259. The SMILES string of the molecule is CC(C)c1ccc(S(=O)(=O)Nc2ccc3nc(N4CCN(c5ncccn5)CC4)cc(C(=O)O)c3c2)cc1.Cl.Cl.Cl. The maximum Gasteiger partial charge on any atom is 0.336 e. The fourth-order valence-electron chi connectivity index (χ4n) is 4.45. The molecule has 0 aliphatic carbocycles. The molecule has 5 rings (SSSR count). The van der Waals surface area contributed by atoms with Gasteiger partial charge in [-0.2, -0.15) is 0 Å². The topological polar surface area (TPSA) is 129 Å². The highest BCUT2D eigenvalue weighted by molar-refractivity contribution is 7.92. The highest BCUT2D eigenvalue weighted by Gasteiger charge is 2.23. The number of hydrogen-bond donors (Lipinski definition) is 2. The van der Waals surface area contributed by atoms with Crippen LogP contribution in [0.2, 0.25) is 0 Å². The van der Waals surface area contributed by atoms with Crippen LogP contribution >= 0.6 is 37.2 Å². The van der Waals surface area contributed by atoms with Gasteiger partial charge >= 0.3 is 5.97 Å². The molecule has 2 aromatic carbocycles. The number of pyridine rings is 1. The Morgan fingerprint density at radius 3 is 2.10 bits per heavy atom. The standard InChI is InChI=1S/C27H28N6O4S.3ClH/c1-18(2)19-4-7-21(8-5-19)38(36,37)31-20-6-9-24-22(16-20)23(26(34)35)17-25(30-24)32-12-14-33(15-13-32)27-28-10-3-11-29-27;;;/h3-11,16-18,31H,12-15H2,1-2H3,(H,34,35);3*1H. The predicted octanol–water partition coefficient (Wildman–Crippen LogP) is 5.24. The summed E-state index contributed by atoms with van der Waals surface area (Å²) in [5.74, 6) is 0.394. The van der Waals surface area contributed by atoms with E-state index in [9.17, 15) is 18.3 Å². The zero-order valence-corrected chi connectivity index (χ0v) is 25.6. The Kier molecular flexibility index (Phi) is 11.5. The molecule has 10 nitrogen and oxygen atoms in total. The van der Waals surface area contributed by atoms with Crippen LogP contribution in [0.4, 0.5) is 17.5 Å². The number of aromatic carboxylic acids is 1. The number of aromatic nitrogens is 3. The molecule has 1 fully saturated rings. The molecular formula is C27H31Cl3N6O4S. The first kappa shape index (κ1) is 33.8.